The van der Waals surface area contributed by atoms with Gasteiger partial charge in [0.05, 0.1) is 25.0 Å². The maximum atomic E-state index is 12.4. The van der Waals surface area contributed by atoms with Crippen molar-refractivity contribution < 1.29 is 18.7 Å². The van der Waals surface area contributed by atoms with Crippen LogP contribution in [0.3, 0.4) is 0 Å². The molecular formula is C20H20ClN3O4. The van der Waals surface area contributed by atoms with Crippen LogP contribution < -0.4 is 5.32 Å². The first-order chi connectivity index (χ1) is 13.4. The van der Waals surface area contributed by atoms with Gasteiger partial charge in [-0.2, -0.15) is 5.10 Å². The minimum absolute atomic E-state index is 0.160. The van der Waals surface area contributed by atoms with Crippen LogP contribution >= 0.6 is 11.6 Å². The number of amides is 1. The quantitative estimate of drug-likeness (QED) is 0.614. The number of aromatic nitrogens is 2. The summed E-state index contributed by atoms with van der Waals surface area (Å²) in [5.41, 5.74) is 2.76. The van der Waals surface area contributed by atoms with Crippen molar-refractivity contribution in [2.24, 2.45) is 0 Å². The lowest BCUT2D eigenvalue weighted by Gasteiger charge is -2.06. The van der Waals surface area contributed by atoms with E-state index in [1.54, 1.807) is 19.1 Å². The molecule has 2 heterocycles. The second kappa shape index (κ2) is 8.75. The summed E-state index contributed by atoms with van der Waals surface area (Å²) in [6.07, 6.45) is 1.51. The molecule has 0 radical (unpaired) electrons. The van der Waals surface area contributed by atoms with E-state index in [1.807, 2.05) is 31.2 Å². The third-order valence-corrected chi connectivity index (χ3v) is 4.48. The number of esters is 1. The second-order valence-electron chi connectivity index (χ2n) is 6.33. The molecular weight excluding hydrogens is 382 g/mol. The van der Waals surface area contributed by atoms with E-state index in [0.29, 0.717) is 18.0 Å². The molecule has 146 valence electrons. The Bertz CT molecular complexity index is 962. The summed E-state index contributed by atoms with van der Waals surface area (Å²) in [6.45, 7) is 3.91. The zero-order valence-corrected chi connectivity index (χ0v) is 16.3. The van der Waals surface area contributed by atoms with Gasteiger partial charge in [0.15, 0.2) is 6.61 Å². The van der Waals surface area contributed by atoms with E-state index in [0.717, 1.165) is 11.1 Å². The number of furan rings is 1. The predicted octanol–water partition coefficient (Wildman–Crippen LogP) is 3.27. The first kappa shape index (κ1) is 19.7. The molecule has 8 heteroatoms. The Kier molecular flexibility index (Phi) is 6.16. The molecule has 1 N–H and O–H groups in total. The molecule has 0 aliphatic heterocycles. The van der Waals surface area contributed by atoms with Crippen molar-refractivity contribution in [1.29, 1.82) is 0 Å². The van der Waals surface area contributed by atoms with Gasteiger partial charge >= 0.3 is 5.97 Å². The molecule has 0 aliphatic rings. The van der Waals surface area contributed by atoms with Crippen molar-refractivity contribution in [3.8, 4) is 0 Å². The summed E-state index contributed by atoms with van der Waals surface area (Å²) in [5.74, 6) is -0.521. The van der Waals surface area contributed by atoms with Crippen LogP contribution in [0, 0.1) is 13.8 Å². The Balaban J connectivity index is 1.59. The van der Waals surface area contributed by atoms with E-state index in [2.05, 4.69) is 10.4 Å². The van der Waals surface area contributed by atoms with Crippen molar-refractivity contribution in [3.05, 3.63) is 76.0 Å². The van der Waals surface area contributed by atoms with Gasteiger partial charge in [0, 0.05) is 0 Å². The van der Waals surface area contributed by atoms with Crippen molar-refractivity contribution in [2.45, 2.75) is 26.9 Å². The highest BCUT2D eigenvalue weighted by atomic mass is 35.5. The smallest absolute Gasteiger partial charge is 0.343 e. The highest BCUT2D eigenvalue weighted by molar-refractivity contribution is 6.32. The normalized spacial score (nSPS) is 10.7. The minimum Gasteiger partial charge on any atom is -0.467 e. The van der Waals surface area contributed by atoms with Gasteiger partial charge in [-0.05, 0) is 31.5 Å². The monoisotopic (exact) mass is 401 g/mol. The number of hydrogen-bond acceptors (Lipinski definition) is 5. The van der Waals surface area contributed by atoms with Crippen LogP contribution in [0.2, 0.25) is 5.15 Å². The molecule has 28 heavy (non-hydrogen) atoms. The van der Waals surface area contributed by atoms with Crippen LogP contribution in [0.1, 0.15) is 32.9 Å². The summed E-state index contributed by atoms with van der Waals surface area (Å²) in [4.78, 5) is 24.2. The Morgan fingerprint density at radius 1 is 1.21 bits per heavy atom. The van der Waals surface area contributed by atoms with Crippen LogP contribution in [0.15, 0.2) is 47.1 Å². The number of nitrogens with zero attached hydrogens (tertiary/aromatic N) is 2. The summed E-state index contributed by atoms with van der Waals surface area (Å²) < 4.78 is 11.7. The highest BCUT2D eigenvalue weighted by Gasteiger charge is 2.22. The Morgan fingerprint density at radius 2 is 1.96 bits per heavy atom. The number of carbonyl (C=O) groups is 2. The van der Waals surface area contributed by atoms with Gasteiger partial charge in [-0.3, -0.25) is 4.79 Å². The molecule has 0 spiro atoms. The fraction of sp³-hybridized carbons (Fsp3) is 0.250. The molecule has 0 atom stereocenters. The molecule has 3 aromatic rings. The summed E-state index contributed by atoms with van der Waals surface area (Å²) in [6, 6.07) is 11.4. The fourth-order valence-corrected chi connectivity index (χ4v) is 2.92. The summed E-state index contributed by atoms with van der Waals surface area (Å²) >= 11 is 6.34. The number of halogens is 1. The number of ether oxygens (including phenoxy) is 1. The van der Waals surface area contributed by atoms with Gasteiger partial charge in [0.1, 0.15) is 16.5 Å². The third-order valence-electron chi connectivity index (χ3n) is 4.10. The lowest BCUT2D eigenvalue weighted by Crippen LogP contribution is -2.28. The zero-order chi connectivity index (χ0) is 20.1. The number of aryl methyl sites for hydroxylation is 2. The summed E-state index contributed by atoms with van der Waals surface area (Å²) in [7, 11) is 0. The first-order valence-electron chi connectivity index (χ1n) is 8.68. The molecule has 2 aromatic heterocycles. The first-order valence-corrected chi connectivity index (χ1v) is 9.06. The molecule has 0 fully saturated rings. The lowest BCUT2D eigenvalue weighted by atomic mass is 10.1. The molecule has 0 saturated heterocycles. The summed E-state index contributed by atoms with van der Waals surface area (Å²) in [5, 5.41) is 7.10. The van der Waals surface area contributed by atoms with Crippen LogP contribution in [-0.4, -0.2) is 28.3 Å². The maximum Gasteiger partial charge on any atom is 0.343 e. The lowest BCUT2D eigenvalue weighted by molar-refractivity contribution is -0.124. The molecule has 0 aliphatic carbocycles. The Labute approximate surface area is 167 Å². The number of hydrogen-bond donors (Lipinski definition) is 1. The number of nitrogens with one attached hydrogen (secondary N) is 1. The predicted molar refractivity (Wildman–Crippen MR) is 103 cm³/mol. The van der Waals surface area contributed by atoms with Gasteiger partial charge in [-0.15, -0.1) is 0 Å². The van der Waals surface area contributed by atoms with E-state index < -0.39 is 18.5 Å². The Morgan fingerprint density at radius 3 is 2.64 bits per heavy atom. The zero-order valence-electron chi connectivity index (χ0n) is 15.6. The van der Waals surface area contributed by atoms with Crippen molar-refractivity contribution in [1.82, 2.24) is 15.1 Å². The average Bonchev–Trinajstić information content (AvgIpc) is 3.28. The average molecular weight is 402 g/mol. The molecule has 1 aromatic carbocycles. The maximum absolute atomic E-state index is 12.4. The van der Waals surface area contributed by atoms with Gasteiger partial charge < -0.3 is 14.5 Å². The van der Waals surface area contributed by atoms with Gasteiger partial charge in [-0.1, -0.05) is 41.4 Å². The van der Waals surface area contributed by atoms with Crippen molar-refractivity contribution in [3.63, 3.8) is 0 Å². The van der Waals surface area contributed by atoms with Gasteiger partial charge in [0.2, 0.25) is 0 Å². The second-order valence-corrected chi connectivity index (χ2v) is 6.68. The Hall–Kier alpha value is -3.06. The topological polar surface area (TPSA) is 86.4 Å². The van der Waals surface area contributed by atoms with Gasteiger partial charge in [-0.25, -0.2) is 9.48 Å². The van der Waals surface area contributed by atoms with E-state index in [9.17, 15) is 9.59 Å². The number of rotatable bonds is 7. The van der Waals surface area contributed by atoms with E-state index >= 15 is 0 Å². The molecule has 3 rings (SSSR count). The van der Waals surface area contributed by atoms with E-state index in [4.69, 9.17) is 20.8 Å². The van der Waals surface area contributed by atoms with Crippen LogP contribution in [-0.2, 0) is 22.6 Å². The highest BCUT2D eigenvalue weighted by Crippen LogP contribution is 2.22. The SMILES string of the molecule is Cc1ccc(Cn2nc(C)c(C(=O)OCC(=O)NCc3ccco3)c2Cl)cc1. The van der Waals surface area contributed by atoms with Crippen molar-refractivity contribution in [2.75, 3.05) is 6.61 Å². The van der Waals surface area contributed by atoms with Gasteiger partial charge in [0.25, 0.3) is 5.91 Å². The molecule has 0 saturated carbocycles. The van der Waals surface area contributed by atoms with E-state index in [-0.39, 0.29) is 17.3 Å². The molecule has 1 amide bonds. The molecule has 7 nitrogen and oxygen atoms in total. The van der Waals surface area contributed by atoms with Crippen molar-refractivity contribution >= 4 is 23.5 Å². The standard InChI is InChI=1S/C20H20ClN3O4/c1-13-5-7-15(8-6-13)11-24-19(21)18(14(2)23-24)20(26)28-12-17(25)22-10-16-4-3-9-27-16/h3-9H,10-12H2,1-2H3,(H,22,25). The number of carbonyl (C=O) groups excluding carboxylic acids is 2. The van der Waals surface area contributed by atoms with Crippen LogP contribution in [0.5, 0.6) is 0 Å². The van der Waals surface area contributed by atoms with Crippen LogP contribution in [0.25, 0.3) is 0 Å². The third kappa shape index (κ3) is 4.80. The van der Waals surface area contributed by atoms with E-state index in [1.165, 1.54) is 10.9 Å². The van der Waals surface area contributed by atoms with Crippen LogP contribution in [0.4, 0.5) is 0 Å². The number of benzene rings is 1. The molecule has 0 unspecified atom stereocenters. The minimum atomic E-state index is -0.689. The fourth-order valence-electron chi connectivity index (χ4n) is 2.61. The largest absolute Gasteiger partial charge is 0.467 e. The molecule has 0 bridgehead atoms.